The number of methoxy groups -OCH3 is 2. The predicted octanol–water partition coefficient (Wildman–Crippen LogP) is 5.19. The smallest absolute Gasteiger partial charge is 0.343 e. The summed E-state index contributed by atoms with van der Waals surface area (Å²) in [6.07, 6.45) is 5.89. The summed E-state index contributed by atoms with van der Waals surface area (Å²) in [4.78, 5) is 33.8. The van der Waals surface area contributed by atoms with Gasteiger partial charge in [-0.05, 0) is 39.5 Å². The van der Waals surface area contributed by atoms with Crippen molar-refractivity contribution in [2.75, 3.05) is 25.7 Å². The van der Waals surface area contributed by atoms with E-state index < -0.39 is 11.9 Å². The molecule has 5 heterocycles. The highest BCUT2D eigenvalue weighted by atomic mass is 16.5. The molecule has 0 amide bonds. The number of rotatable bonds is 14. The third-order valence-electron chi connectivity index (χ3n) is 8.19. The number of hydrogen-bond donors (Lipinski definition) is 2. The van der Waals surface area contributed by atoms with Crippen LogP contribution in [0.1, 0.15) is 83.0 Å². The van der Waals surface area contributed by atoms with Gasteiger partial charge in [-0.1, -0.05) is 26.7 Å². The first-order valence-corrected chi connectivity index (χ1v) is 16.6. The van der Waals surface area contributed by atoms with Gasteiger partial charge in [0.25, 0.3) is 0 Å². The van der Waals surface area contributed by atoms with Gasteiger partial charge in [0.05, 0.1) is 37.0 Å². The lowest BCUT2D eigenvalue weighted by Crippen LogP contribution is -2.09. The zero-order valence-electron chi connectivity index (χ0n) is 30.4. The maximum atomic E-state index is 12.5. The van der Waals surface area contributed by atoms with Crippen molar-refractivity contribution < 1.29 is 19.1 Å². The van der Waals surface area contributed by atoms with E-state index in [9.17, 15) is 9.59 Å². The van der Waals surface area contributed by atoms with Crippen molar-refractivity contribution in [1.82, 2.24) is 49.1 Å². The Bertz CT molecular complexity index is 2020. The fourth-order valence-corrected chi connectivity index (χ4v) is 5.50. The molecule has 0 aliphatic rings. The van der Waals surface area contributed by atoms with Gasteiger partial charge in [-0.2, -0.15) is 29.8 Å². The minimum absolute atomic E-state index is 0.164. The van der Waals surface area contributed by atoms with Crippen LogP contribution in [0.5, 0.6) is 0 Å². The minimum Gasteiger partial charge on any atom is -0.465 e. The Kier molecular flexibility index (Phi) is 11.1. The fraction of sp³-hybridized carbons (Fsp3) is 0.438. The van der Waals surface area contributed by atoms with Crippen LogP contribution in [0.15, 0.2) is 32.9 Å². The number of anilines is 2. The summed E-state index contributed by atoms with van der Waals surface area (Å²) in [6.45, 7) is 7.49. The Morgan fingerprint density at radius 1 is 0.692 bits per heavy atom. The number of esters is 2. The average molecular weight is 715 g/mol. The van der Waals surface area contributed by atoms with Gasteiger partial charge >= 0.3 is 11.9 Å². The van der Waals surface area contributed by atoms with Crippen molar-refractivity contribution >= 4 is 46.6 Å². The van der Waals surface area contributed by atoms with E-state index in [1.165, 1.54) is 39.3 Å². The first kappa shape index (κ1) is 36.9. The Balaban J connectivity index is 1.57. The van der Waals surface area contributed by atoms with Crippen LogP contribution in [-0.2, 0) is 36.4 Å². The molecule has 0 fully saturated rings. The molecule has 5 aromatic heterocycles. The van der Waals surface area contributed by atoms with Crippen LogP contribution >= 0.6 is 0 Å². The number of hydrogen-bond acceptors (Lipinski definition) is 16. The number of nitrogens with zero attached hydrogens (tertiary/aromatic N) is 14. The van der Waals surface area contributed by atoms with Gasteiger partial charge in [0.15, 0.2) is 46.3 Å². The summed E-state index contributed by atoms with van der Waals surface area (Å²) in [7, 11) is 5.88. The molecule has 0 atom stereocenters. The SMILES string of the molecule is CCCCc1nn(-c2cc(-n3nc(CCCC)c(/N=N/c4c(C(=O)OC)c(C)nn4C)c3N)ncn2)c(N)c1/N=N/c1c(C(=O)OC)c(C)nn1C. The molecule has 5 aromatic rings. The Hall–Kier alpha value is -6.34. The number of carbonyl (C=O) groups excluding carboxylic acids is 2. The lowest BCUT2D eigenvalue weighted by Gasteiger charge is -2.06. The quantitative estimate of drug-likeness (QED) is 0.111. The number of aromatic nitrogens is 10. The van der Waals surface area contributed by atoms with Crippen LogP contribution < -0.4 is 11.5 Å². The molecule has 4 N–H and O–H groups in total. The molecule has 5 rings (SSSR count). The molecule has 0 aliphatic heterocycles. The summed E-state index contributed by atoms with van der Waals surface area (Å²) >= 11 is 0. The predicted molar refractivity (Wildman–Crippen MR) is 189 cm³/mol. The van der Waals surface area contributed by atoms with Crippen LogP contribution in [0.4, 0.5) is 34.6 Å². The van der Waals surface area contributed by atoms with E-state index in [4.69, 9.17) is 31.1 Å². The topological polar surface area (TPSA) is 251 Å². The van der Waals surface area contributed by atoms with Gasteiger partial charge < -0.3 is 20.9 Å². The van der Waals surface area contributed by atoms with Crippen molar-refractivity contribution in [3.63, 3.8) is 0 Å². The summed E-state index contributed by atoms with van der Waals surface area (Å²) in [6, 6.07) is 1.63. The highest BCUT2D eigenvalue weighted by Crippen LogP contribution is 2.35. The van der Waals surface area contributed by atoms with Crippen molar-refractivity contribution in [3.05, 3.63) is 46.3 Å². The van der Waals surface area contributed by atoms with Gasteiger partial charge in [-0.3, -0.25) is 0 Å². The molecule has 0 aliphatic carbocycles. The molecular formula is C32H42N16O4. The first-order chi connectivity index (χ1) is 24.9. The van der Waals surface area contributed by atoms with E-state index in [0.29, 0.717) is 58.6 Å². The van der Waals surface area contributed by atoms with Crippen LogP contribution in [0, 0.1) is 13.8 Å². The summed E-state index contributed by atoms with van der Waals surface area (Å²) < 4.78 is 15.6. The van der Waals surface area contributed by atoms with Crippen LogP contribution in [0.2, 0.25) is 0 Å². The number of carbonyl (C=O) groups is 2. The number of azo groups is 2. The highest BCUT2D eigenvalue weighted by molar-refractivity contribution is 5.95. The molecule has 0 saturated heterocycles. The molecule has 0 spiro atoms. The Morgan fingerprint density at radius 2 is 1.10 bits per heavy atom. The van der Waals surface area contributed by atoms with Crippen LogP contribution in [0.3, 0.4) is 0 Å². The normalized spacial score (nSPS) is 11.7. The summed E-state index contributed by atoms with van der Waals surface area (Å²) in [5.41, 5.74) is 16.4. The Morgan fingerprint density at radius 3 is 1.46 bits per heavy atom. The van der Waals surface area contributed by atoms with Gasteiger partial charge in [0.1, 0.15) is 17.5 Å². The summed E-state index contributed by atoms with van der Waals surface area (Å²) in [5, 5.41) is 35.7. The monoisotopic (exact) mass is 714 g/mol. The third kappa shape index (κ3) is 7.12. The van der Waals surface area contributed by atoms with Gasteiger partial charge in [0.2, 0.25) is 0 Å². The molecule has 0 radical (unpaired) electrons. The third-order valence-corrected chi connectivity index (χ3v) is 8.19. The second-order valence-electron chi connectivity index (χ2n) is 11.8. The maximum Gasteiger partial charge on any atom is 0.343 e. The van der Waals surface area contributed by atoms with Gasteiger partial charge in [-0.25, -0.2) is 28.9 Å². The van der Waals surface area contributed by atoms with Crippen LogP contribution in [-0.4, -0.2) is 75.2 Å². The van der Waals surface area contributed by atoms with Gasteiger partial charge in [-0.15, -0.1) is 20.5 Å². The first-order valence-electron chi connectivity index (χ1n) is 16.6. The second-order valence-corrected chi connectivity index (χ2v) is 11.8. The van der Waals surface area contributed by atoms with E-state index in [0.717, 1.165) is 25.7 Å². The molecule has 0 aromatic carbocycles. The van der Waals surface area contributed by atoms with E-state index in [-0.39, 0.29) is 34.4 Å². The average Bonchev–Trinajstić information content (AvgIpc) is 3.81. The minimum atomic E-state index is -0.582. The molecule has 0 saturated carbocycles. The molecular weight excluding hydrogens is 672 g/mol. The molecule has 20 heteroatoms. The van der Waals surface area contributed by atoms with E-state index >= 15 is 0 Å². The molecule has 0 bridgehead atoms. The highest BCUT2D eigenvalue weighted by Gasteiger charge is 2.25. The number of unbranched alkanes of at least 4 members (excludes halogenated alkanes) is 2. The molecule has 274 valence electrons. The standard InChI is InChI=1S/C32H42N16O4/c1-9-11-13-19-25(37-39-29-23(31(49)51-7)17(3)41-45(29)5)27(33)47(43-19)21-15-22(36-16-35-21)48-28(34)26(20(44-48)14-12-10-2)38-40-30-24(32(50)52-8)18(4)42-46(30)6/h15-16H,9-14,33-34H2,1-8H3/b39-37+,40-38+. The lowest BCUT2D eigenvalue weighted by atomic mass is 10.2. The van der Waals surface area contributed by atoms with E-state index in [1.807, 2.05) is 0 Å². The molecule has 20 nitrogen and oxygen atoms in total. The largest absolute Gasteiger partial charge is 0.465 e. The number of nitrogens with two attached hydrogens (primary N) is 2. The van der Waals surface area contributed by atoms with Crippen molar-refractivity contribution in [2.24, 2.45) is 34.6 Å². The number of nitrogen functional groups attached to an aromatic ring is 2. The van der Waals surface area contributed by atoms with E-state index in [2.05, 4.69) is 54.5 Å². The van der Waals surface area contributed by atoms with Crippen molar-refractivity contribution in [1.29, 1.82) is 0 Å². The zero-order chi connectivity index (χ0) is 37.7. The Labute approximate surface area is 298 Å². The molecule has 52 heavy (non-hydrogen) atoms. The number of aryl methyl sites for hydroxylation is 6. The van der Waals surface area contributed by atoms with Crippen molar-refractivity contribution in [3.8, 4) is 11.6 Å². The fourth-order valence-electron chi connectivity index (χ4n) is 5.50. The van der Waals surface area contributed by atoms with Crippen LogP contribution in [0.25, 0.3) is 11.6 Å². The number of ether oxygens (including phenoxy) is 2. The molecule has 0 unspecified atom stereocenters. The zero-order valence-corrected chi connectivity index (χ0v) is 30.4. The second kappa shape index (κ2) is 15.7. The summed E-state index contributed by atoms with van der Waals surface area (Å²) in [5.74, 6) is 0.216. The van der Waals surface area contributed by atoms with Gasteiger partial charge in [0, 0.05) is 20.2 Å². The van der Waals surface area contributed by atoms with E-state index in [1.54, 1.807) is 34.0 Å². The maximum absolute atomic E-state index is 12.5. The van der Waals surface area contributed by atoms with Crippen molar-refractivity contribution in [2.45, 2.75) is 66.2 Å². The lowest BCUT2D eigenvalue weighted by molar-refractivity contribution is 0.0591.